The van der Waals surface area contributed by atoms with Gasteiger partial charge in [-0.3, -0.25) is 14.9 Å². The molecule has 1 N–H and O–H groups in total. The number of nitro groups is 1. The van der Waals surface area contributed by atoms with Gasteiger partial charge in [-0.2, -0.15) is 5.10 Å². The molecule has 108 valence electrons. The SMILES string of the molecule is O=C(N/N=C\c1cc(Br)c(Br)o1)c1cccc([N+](=O)[O-])c1. The van der Waals surface area contributed by atoms with Crippen molar-refractivity contribution in [2.45, 2.75) is 0 Å². The quantitative estimate of drug-likeness (QED) is 0.468. The number of rotatable bonds is 4. The summed E-state index contributed by atoms with van der Waals surface area (Å²) >= 11 is 6.41. The molecule has 1 amide bonds. The van der Waals surface area contributed by atoms with Gasteiger partial charge in [0.15, 0.2) is 4.67 Å². The minimum absolute atomic E-state index is 0.142. The fourth-order valence-corrected chi connectivity index (χ4v) is 2.01. The molecule has 0 bridgehead atoms. The maximum Gasteiger partial charge on any atom is 0.271 e. The molecule has 0 aliphatic heterocycles. The number of hydrazone groups is 1. The van der Waals surface area contributed by atoms with Gasteiger partial charge in [0.05, 0.1) is 15.6 Å². The summed E-state index contributed by atoms with van der Waals surface area (Å²) in [6, 6.07) is 7.02. The summed E-state index contributed by atoms with van der Waals surface area (Å²) in [5.74, 6) is -0.132. The molecule has 0 radical (unpaired) electrons. The van der Waals surface area contributed by atoms with E-state index in [-0.39, 0.29) is 11.3 Å². The van der Waals surface area contributed by atoms with Crippen molar-refractivity contribution in [3.63, 3.8) is 0 Å². The maximum absolute atomic E-state index is 11.8. The van der Waals surface area contributed by atoms with Crippen LogP contribution in [0.25, 0.3) is 0 Å². The standard InChI is InChI=1S/C12H7Br2N3O4/c13-10-5-9(21-11(10)14)6-15-16-12(18)7-2-1-3-8(4-7)17(19)20/h1-6H,(H,16,18)/b15-6-. The van der Waals surface area contributed by atoms with Crippen molar-refractivity contribution < 1.29 is 14.1 Å². The molecular weight excluding hydrogens is 410 g/mol. The third kappa shape index (κ3) is 3.99. The van der Waals surface area contributed by atoms with E-state index >= 15 is 0 Å². The summed E-state index contributed by atoms with van der Waals surface area (Å²) in [4.78, 5) is 21.8. The number of hydrogen-bond acceptors (Lipinski definition) is 5. The van der Waals surface area contributed by atoms with Gasteiger partial charge in [-0.15, -0.1) is 0 Å². The number of amides is 1. The van der Waals surface area contributed by atoms with Crippen LogP contribution in [0.3, 0.4) is 0 Å². The van der Waals surface area contributed by atoms with E-state index in [4.69, 9.17) is 4.42 Å². The number of hydrogen-bond donors (Lipinski definition) is 1. The lowest BCUT2D eigenvalue weighted by molar-refractivity contribution is -0.384. The van der Waals surface area contributed by atoms with Crippen LogP contribution < -0.4 is 5.43 Å². The number of benzene rings is 1. The van der Waals surface area contributed by atoms with Crippen LogP contribution in [-0.2, 0) is 0 Å². The zero-order valence-corrected chi connectivity index (χ0v) is 13.4. The zero-order chi connectivity index (χ0) is 15.4. The number of carbonyl (C=O) groups excluding carboxylic acids is 1. The average Bonchev–Trinajstić information content (AvgIpc) is 2.77. The van der Waals surface area contributed by atoms with E-state index in [0.29, 0.717) is 14.9 Å². The van der Waals surface area contributed by atoms with Gasteiger partial charge in [0.1, 0.15) is 5.76 Å². The predicted octanol–water partition coefficient (Wildman–Crippen LogP) is 3.48. The number of halogens is 2. The van der Waals surface area contributed by atoms with Crippen LogP contribution in [0.15, 0.2) is 49.0 Å². The Morgan fingerprint density at radius 3 is 2.76 bits per heavy atom. The van der Waals surface area contributed by atoms with Gasteiger partial charge >= 0.3 is 0 Å². The van der Waals surface area contributed by atoms with E-state index in [1.165, 1.54) is 30.5 Å². The Labute approximate surface area is 135 Å². The van der Waals surface area contributed by atoms with Crippen LogP contribution in [-0.4, -0.2) is 17.0 Å². The highest BCUT2D eigenvalue weighted by atomic mass is 79.9. The minimum Gasteiger partial charge on any atom is -0.447 e. The molecule has 1 aromatic heterocycles. The third-order valence-corrected chi connectivity index (χ3v) is 4.05. The summed E-state index contributed by atoms with van der Waals surface area (Å²) in [5.41, 5.74) is 2.24. The summed E-state index contributed by atoms with van der Waals surface area (Å²) in [6.07, 6.45) is 1.31. The predicted molar refractivity (Wildman–Crippen MR) is 82.3 cm³/mol. The minimum atomic E-state index is -0.571. The van der Waals surface area contributed by atoms with Crippen molar-refractivity contribution in [1.29, 1.82) is 0 Å². The molecule has 21 heavy (non-hydrogen) atoms. The van der Waals surface area contributed by atoms with E-state index in [0.717, 1.165) is 0 Å². The monoisotopic (exact) mass is 415 g/mol. The Bertz CT molecular complexity index is 708. The van der Waals surface area contributed by atoms with Crippen LogP contribution in [0.5, 0.6) is 0 Å². The summed E-state index contributed by atoms with van der Waals surface area (Å²) in [5, 5.41) is 14.3. The molecule has 0 aliphatic rings. The van der Waals surface area contributed by atoms with Gasteiger partial charge in [-0.05, 0) is 37.9 Å². The molecule has 0 saturated carbocycles. The highest BCUT2D eigenvalue weighted by molar-refractivity contribution is 9.13. The number of carbonyl (C=O) groups is 1. The van der Waals surface area contributed by atoms with Gasteiger partial charge in [-0.1, -0.05) is 6.07 Å². The molecule has 0 spiro atoms. The highest BCUT2D eigenvalue weighted by Gasteiger charge is 2.10. The summed E-state index contributed by atoms with van der Waals surface area (Å²) < 4.78 is 6.46. The first-order chi connectivity index (χ1) is 9.97. The lowest BCUT2D eigenvalue weighted by atomic mass is 10.2. The number of nitro benzene ring substituents is 1. The fraction of sp³-hybridized carbons (Fsp3) is 0. The van der Waals surface area contributed by atoms with Crippen LogP contribution in [0, 0.1) is 10.1 Å². The van der Waals surface area contributed by atoms with Crippen LogP contribution in [0.4, 0.5) is 5.69 Å². The second-order valence-corrected chi connectivity index (χ2v) is 5.35. The Morgan fingerprint density at radius 1 is 1.38 bits per heavy atom. The van der Waals surface area contributed by atoms with Crippen molar-refractivity contribution in [2.24, 2.45) is 5.10 Å². The summed E-state index contributed by atoms with van der Waals surface area (Å²) in [6.45, 7) is 0. The summed E-state index contributed by atoms with van der Waals surface area (Å²) in [7, 11) is 0. The van der Waals surface area contributed by atoms with Gasteiger partial charge in [-0.25, -0.2) is 5.43 Å². The highest BCUT2D eigenvalue weighted by Crippen LogP contribution is 2.25. The number of non-ortho nitro benzene ring substituents is 1. The van der Waals surface area contributed by atoms with E-state index in [1.807, 2.05) is 0 Å². The lowest BCUT2D eigenvalue weighted by Crippen LogP contribution is -2.17. The Kier molecular flexibility index (Phi) is 4.86. The molecule has 2 rings (SSSR count). The van der Waals surface area contributed by atoms with Crippen molar-refractivity contribution in [3.05, 3.63) is 60.9 Å². The van der Waals surface area contributed by atoms with E-state index in [2.05, 4.69) is 42.4 Å². The molecule has 9 heteroatoms. The van der Waals surface area contributed by atoms with Gasteiger partial charge in [0.25, 0.3) is 11.6 Å². The van der Waals surface area contributed by atoms with Gasteiger partial charge < -0.3 is 4.42 Å². The molecule has 0 aliphatic carbocycles. The van der Waals surface area contributed by atoms with Crippen LogP contribution >= 0.6 is 31.9 Å². The Hall–Kier alpha value is -2.00. The number of nitrogens with zero attached hydrogens (tertiary/aromatic N) is 2. The second-order valence-electron chi connectivity index (χ2n) is 3.78. The lowest BCUT2D eigenvalue weighted by Gasteiger charge is -1.99. The first-order valence-corrected chi connectivity index (χ1v) is 7.08. The molecular formula is C12H7Br2N3O4. The second kappa shape index (κ2) is 6.64. The fourth-order valence-electron chi connectivity index (χ4n) is 1.41. The molecule has 1 aromatic carbocycles. The smallest absolute Gasteiger partial charge is 0.271 e. The molecule has 0 unspecified atom stereocenters. The molecule has 0 saturated heterocycles. The molecule has 0 atom stereocenters. The largest absolute Gasteiger partial charge is 0.447 e. The van der Waals surface area contributed by atoms with Crippen molar-refractivity contribution in [3.8, 4) is 0 Å². The Balaban J connectivity index is 2.04. The van der Waals surface area contributed by atoms with E-state index < -0.39 is 10.8 Å². The van der Waals surface area contributed by atoms with Crippen molar-refractivity contribution in [1.82, 2.24) is 5.43 Å². The van der Waals surface area contributed by atoms with Gasteiger partial charge in [0.2, 0.25) is 0 Å². The zero-order valence-electron chi connectivity index (χ0n) is 10.2. The first kappa shape index (κ1) is 15.4. The third-order valence-electron chi connectivity index (χ3n) is 2.34. The van der Waals surface area contributed by atoms with Crippen molar-refractivity contribution in [2.75, 3.05) is 0 Å². The molecule has 0 fully saturated rings. The number of furan rings is 1. The van der Waals surface area contributed by atoms with Crippen LogP contribution in [0.2, 0.25) is 0 Å². The molecule has 7 nitrogen and oxygen atoms in total. The van der Waals surface area contributed by atoms with Gasteiger partial charge in [0, 0.05) is 23.8 Å². The number of nitrogens with one attached hydrogen (secondary N) is 1. The molecule has 2 aromatic rings. The molecule has 1 heterocycles. The topological polar surface area (TPSA) is 97.7 Å². The first-order valence-electron chi connectivity index (χ1n) is 5.50. The average molecular weight is 417 g/mol. The van der Waals surface area contributed by atoms with E-state index in [1.54, 1.807) is 6.07 Å². The van der Waals surface area contributed by atoms with E-state index in [9.17, 15) is 14.9 Å². The van der Waals surface area contributed by atoms with Crippen LogP contribution in [0.1, 0.15) is 16.1 Å². The normalized spacial score (nSPS) is 10.8. The van der Waals surface area contributed by atoms with Crippen molar-refractivity contribution >= 4 is 49.7 Å². The Morgan fingerprint density at radius 2 is 2.14 bits per heavy atom. The maximum atomic E-state index is 11.8.